The van der Waals surface area contributed by atoms with E-state index in [-0.39, 0.29) is 0 Å². The van der Waals surface area contributed by atoms with Crippen LogP contribution >= 0.6 is 11.6 Å². The molecule has 1 fully saturated rings. The summed E-state index contributed by atoms with van der Waals surface area (Å²) in [6, 6.07) is 3.87. The third-order valence-corrected chi connectivity index (χ3v) is 4.06. The van der Waals surface area contributed by atoms with Crippen LogP contribution in [0.3, 0.4) is 0 Å². The molecular formula is C14H22ClN3. The van der Waals surface area contributed by atoms with Gasteiger partial charge in [0.15, 0.2) is 0 Å². The number of halogens is 1. The molecule has 1 aliphatic rings. The van der Waals surface area contributed by atoms with Crippen LogP contribution < -0.4 is 5.32 Å². The Morgan fingerprint density at radius 3 is 2.61 bits per heavy atom. The van der Waals surface area contributed by atoms with Gasteiger partial charge in [-0.15, -0.1) is 0 Å². The van der Waals surface area contributed by atoms with Crippen LogP contribution in [-0.2, 0) is 6.54 Å². The first kappa shape index (κ1) is 13.6. The van der Waals surface area contributed by atoms with E-state index in [1.54, 1.807) is 0 Å². The maximum absolute atomic E-state index is 6.23. The van der Waals surface area contributed by atoms with Gasteiger partial charge in [0.2, 0.25) is 0 Å². The van der Waals surface area contributed by atoms with Gasteiger partial charge in [0.25, 0.3) is 0 Å². The predicted octanol–water partition coefficient (Wildman–Crippen LogP) is 3.25. The van der Waals surface area contributed by atoms with Gasteiger partial charge >= 0.3 is 0 Å². The third kappa shape index (κ3) is 3.15. The smallest absolute Gasteiger partial charge is 0.126 e. The highest BCUT2D eigenvalue weighted by Gasteiger charge is 2.26. The number of nitrogens with one attached hydrogen (secondary N) is 1. The first-order chi connectivity index (χ1) is 8.60. The highest BCUT2D eigenvalue weighted by molar-refractivity contribution is 6.31. The van der Waals surface area contributed by atoms with Gasteiger partial charge in [-0.05, 0) is 30.9 Å². The van der Waals surface area contributed by atoms with Gasteiger partial charge in [-0.3, -0.25) is 4.90 Å². The number of aromatic nitrogens is 1. The standard InChI is InChI=1S/C14H22ClN3/c1-4-16-14-6-5-12(15)13(17-14)9-18-7-10(2)11(3)8-18/h5-6,10-11H,4,7-9H2,1-3H3,(H,16,17). The van der Waals surface area contributed by atoms with Crippen LogP contribution in [0.5, 0.6) is 0 Å². The summed E-state index contributed by atoms with van der Waals surface area (Å²) in [7, 11) is 0. The number of rotatable bonds is 4. The minimum atomic E-state index is 0.765. The molecule has 1 aromatic rings. The summed E-state index contributed by atoms with van der Waals surface area (Å²) in [5.74, 6) is 2.44. The molecule has 18 heavy (non-hydrogen) atoms. The molecule has 0 radical (unpaired) electrons. The van der Waals surface area contributed by atoms with Gasteiger partial charge in [-0.1, -0.05) is 25.4 Å². The molecule has 0 amide bonds. The second-order valence-electron chi connectivity index (χ2n) is 5.30. The number of anilines is 1. The Labute approximate surface area is 115 Å². The topological polar surface area (TPSA) is 28.2 Å². The van der Waals surface area contributed by atoms with E-state index in [2.05, 4.69) is 36.0 Å². The average Bonchev–Trinajstić information content (AvgIpc) is 2.63. The van der Waals surface area contributed by atoms with Crippen LogP contribution in [0, 0.1) is 11.8 Å². The zero-order valence-electron chi connectivity index (χ0n) is 11.4. The summed E-state index contributed by atoms with van der Waals surface area (Å²) >= 11 is 6.23. The van der Waals surface area contributed by atoms with Gasteiger partial charge in [-0.25, -0.2) is 4.98 Å². The molecule has 1 aromatic heterocycles. The number of hydrogen-bond donors (Lipinski definition) is 1. The molecule has 0 aliphatic carbocycles. The van der Waals surface area contributed by atoms with Gasteiger partial charge in [0.1, 0.15) is 5.82 Å². The summed E-state index contributed by atoms with van der Waals surface area (Å²) < 4.78 is 0. The Bertz CT molecular complexity index is 398. The number of likely N-dealkylation sites (tertiary alicyclic amines) is 1. The lowest BCUT2D eigenvalue weighted by Gasteiger charge is -2.16. The maximum Gasteiger partial charge on any atom is 0.126 e. The SMILES string of the molecule is CCNc1ccc(Cl)c(CN2CC(C)C(C)C2)n1. The van der Waals surface area contributed by atoms with E-state index in [9.17, 15) is 0 Å². The van der Waals surface area contributed by atoms with Gasteiger partial charge in [0.05, 0.1) is 10.7 Å². The lowest BCUT2D eigenvalue weighted by Crippen LogP contribution is -2.21. The fourth-order valence-corrected chi connectivity index (χ4v) is 2.63. The minimum absolute atomic E-state index is 0.765. The van der Waals surface area contributed by atoms with Crippen molar-refractivity contribution >= 4 is 17.4 Å². The molecule has 3 nitrogen and oxygen atoms in total. The van der Waals surface area contributed by atoms with Crippen molar-refractivity contribution in [3.05, 3.63) is 22.8 Å². The fraction of sp³-hybridized carbons (Fsp3) is 0.643. The number of hydrogen-bond acceptors (Lipinski definition) is 3. The van der Waals surface area contributed by atoms with Crippen LogP contribution in [-0.4, -0.2) is 29.5 Å². The van der Waals surface area contributed by atoms with Crippen molar-refractivity contribution in [2.75, 3.05) is 25.0 Å². The first-order valence-corrected chi connectivity index (χ1v) is 7.09. The van der Waals surface area contributed by atoms with E-state index < -0.39 is 0 Å². The summed E-state index contributed by atoms with van der Waals surface area (Å²) in [5, 5.41) is 4.00. The second kappa shape index (κ2) is 5.89. The van der Waals surface area contributed by atoms with Gasteiger partial charge in [-0.2, -0.15) is 0 Å². The molecule has 2 unspecified atom stereocenters. The molecular weight excluding hydrogens is 246 g/mol. The van der Waals surface area contributed by atoms with Crippen molar-refractivity contribution in [3.63, 3.8) is 0 Å². The van der Waals surface area contributed by atoms with Crippen LogP contribution in [0.4, 0.5) is 5.82 Å². The Hall–Kier alpha value is -0.800. The Morgan fingerprint density at radius 2 is 2.00 bits per heavy atom. The second-order valence-corrected chi connectivity index (χ2v) is 5.71. The first-order valence-electron chi connectivity index (χ1n) is 6.71. The van der Waals surface area contributed by atoms with Gasteiger partial charge < -0.3 is 5.32 Å². The summed E-state index contributed by atoms with van der Waals surface area (Å²) in [4.78, 5) is 7.03. The van der Waals surface area contributed by atoms with E-state index in [1.165, 1.54) is 0 Å². The molecule has 0 aromatic carbocycles. The molecule has 100 valence electrons. The van der Waals surface area contributed by atoms with Crippen LogP contribution in [0.15, 0.2) is 12.1 Å². The Morgan fingerprint density at radius 1 is 1.33 bits per heavy atom. The maximum atomic E-state index is 6.23. The van der Waals surface area contributed by atoms with Crippen molar-refractivity contribution < 1.29 is 0 Å². The average molecular weight is 268 g/mol. The molecule has 1 saturated heterocycles. The molecule has 1 aliphatic heterocycles. The summed E-state index contributed by atoms with van der Waals surface area (Å²) in [5.41, 5.74) is 0.983. The quantitative estimate of drug-likeness (QED) is 0.908. The minimum Gasteiger partial charge on any atom is -0.370 e. The monoisotopic (exact) mass is 267 g/mol. The van der Waals surface area contributed by atoms with Crippen molar-refractivity contribution in [2.24, 2.45) is 11.8 Å². The predicted molar refractivity (Wildman–Crippen MR) is 77.0 cm³/mol. The normalized spacial score (nSPS) is 24.4. The van der Waals surface area contributed by atoms with Crippen molar-refractivity contribution in [2.45, 2.75) is 27.3 Å². The fourth-order valence-electron chi connectivity index (χ4n) is 2.46. The molecule has 0 spiro atoms. The van der Waals surface area contributed by atoms with E-state index in [1.807, 2.05) is 12.1 Å². The zero-order chi connectivity index (χ0) is 13.1. The molecule has 2 atom stereocenters. The number of nitrogens with zero attached hydrogens (tertiary/aromatic N) is 2. The van der Waals surface area contributed by atoms with Crippen molar-refractivity contribution in [3.8, 4) is 0 Å². The van der Waals surface area contributed by atoms with Crippen LogP contribution in [0.1, 0.15) is 26.5 Å². The van der Waals surface area contributed by atoms with Crippen LogP contribution in [0.25, 0.3) is 0 Å². The highest BCUT2D eigenvalue weighted by atomic mass is 35.5. The Balaban J connectivity index is 2.06. The molecule has 0 saturated carbocycles. The third-order valence-electron chi connectivity index (χ3n) is 3.71. The van der Waals surface area contributed by atoms with Gasteiger partial charge in [0, 0.05) is 26.2 Å². The van der Waals surface area contributed by atoms with E-state index in [0.717, 1.165) is 54.5 Å². The lowest BCUT2D eigenvalue weighted by molar-refractivity contribution is 0.312. The van der Waals surface area contributed by atoms with E-state index >= 15 is 0 Å². The molecule has 0 bridgehead atoms. The Kier molecular flexibility index (Phi) is 4.46. The molecule has 2 rings (SSSR count). The summed E-state index contributed by atoms with van der Waals surface area (Å²) in [6.45, 7) is 10.7. The van der Waals surface area contributed by atoms with E-state index in [0.29, 0.717) is 0 Å². The van der Waals surface area contributed by atoms with Crippen molar-refractivity contribution in [1.29, 1.82) is 0 Å². The largest absolute Gasteiger partial charge is 0.370 e. The van der Waals surface area contributed by atoms with E-state index in [4.69, 9.17) is 11.6 Å². The van der Waals surface area contributed by atoms with Crippen molar-refractivity contribution in [1.82, 2.24) is 9.88 Å². The van der Waals surface area contributed by atoms with Crippen LogP contribution in [0.2, 0.25) is 5.02 Å². The molecule has 1 N–H and O–H groups in total. The molecule has 2 heterocycles. The highest BCUT2D eigenvalue weighted by Crippen LogP contribution is 2.25. The summed E-state index contributed by atoms with van der Waals surface area (Å²) in [6.07, 6.45) is 0. The lowest BCUT2D eigenvalue weighted by atomic mass is 10.0. The molecule has 4 heteroatoms. The number of pyridine rings is 1. The zero-order valence-corrected chi connectivity index (χ0v) is 12.2.